The van der Waals surface area contributed by atoms with Gasteiger partial charge in [-0.2, -0.15) is 0 Å². The van der Waals surface area contributed by atoms with Crippen LogP contribution >= 0.6 is 0 Å². The Hall–Kier alpha value is -2.66. The Morgan fingerprint density at radius 2 is 1.55 bits per heavy atom. The van der Waals surface area contributed by atoms with Crippen LogP contribution in [0.4, 0.5) is 0 Å². The third kappa shape index (κ3) is 4.71. The van der Waals surface area contributed by atoms with Gasteiger partial charge in [-0.15, -0.1) is 0 Å². The van der Waals surface area contributed by atoms with Crippen molar-refractivity contribution in [3.63, 3.8) is 0 Å². The zero-order valence-corrected chi connectivity index (χ0v) is 12.5. The molecule has 0 radical (unpaired) electrons. The van der Waals surface area contributed by atoms with Gasteiger partial charge in [-0.3, -0.25) is 20.4 Å². The summed E-state index contributed by atoms with van der Waals surface area (Å²) in [6, 6.07) is 18.9. The molecule has 0 aliphatic heterocycles. The summed E-state index contributed by atoms with van der Waals surface area (Å²) >= 11 is 0. The Labute approximate surface area is 129 Å². The van der Waals surface area contributed by atoms with Gasteiger partial charge >= 0.3 is 0 Å². The van der Waals surface area contributed by atoms with E-state index >= 15 is 0 Å². The first-order valence-electron chi connectivity index (χ1n) is 7.19. The second kappa shape index (κ2) is 7.95. The lowest BCUT2D eigenvalue weighted by Crippen LogP contribution is -2.87. The number of carbonyl (C=O) groups is 2. The number of quaternary nitrogens is 1. The Morgan fingerprint density at radius 1 is 0.955 bits per heavy atom. The SMILES string of the molecule is C[C@H]([NH2+]CC(=O)NNC(=O)c1ccccc1)c1ccccc1. The molecule has 2 aromatic carbocycles. The molecule has 0 aliphatic rings. The molecule has 0 saturated heterocycles. The first-order valence-corrected chi connectivity index (χ1v) is 7.19. The maximum absolute atomic E-state index is 11.8. The van der Waals surface area contributed by atoms with Gasteiger partial charge in [0.25, 0.3) is 11.8 Å². The number of amides is 2. The van der Waals surface area contributed by atoms with Gasteiger partial charge in [0.1, 0.15) is 6.04 Å². The maximum Gasteiger partial charge on any atom is 0.293 e. The van der Waals surface area contributed by atoms with Gasteiger partial charge in [0, 0.05) is 11.1 Å². The summed E-state index contributed by atoms with van der Waals surface area (Å²) in [6.45, 7) is 2.27. The van der Waals surface area contributed by atoms with Crippen LogP contribution in [0.5, 0.6) is 0 Å². The van der Waals surface area contributed by atoms with Crippen molar-refractivity contribution in [2.75, 3.05) is 6.54 Å². The molecule has 4 N–H and O–H groups in total. The van der Waals surface area contributed by atoms with E-state index in [0.717, 1.165) is 5.56 Å². The fourth-order valence-electron chi connectivity index (χ4n) is 2.02. The molecule has 2 amide bonds. The van der Waals surface area contributed by atoms with Crippen molar-refractivity contribution in [1.82, 2.24) is 10.9 Å². The van der Waals surface area contributed by atoms with Gasteiger partial charge in [0.05, 0.1) is 0 Å². The minimum Gasteiger partial charge on any atom is -0.332 e. The molecule has 5 heteroatoms. The van der Waals surface area contributed by atoms with Gasteiger partial charge in [-0.05, 0) is 19.1 Å². The fourth-order valence-corrected chi connectivity index (χ4v) is 2.02. The summed E-state index contributed by atoms with van der Waals surface area (Å²) in [5.74, 6) is -0.572. The second-order valence-electron chi connectivity index (χ2n) is 5.01. The molecule has 0 unspecified atom stereocenters. The van der Waals surface area contributed by atoms with Gasteiger partial charge in [0.2, 0.25) is 0 Å². The average molecular weight is 298 g/mol. The molecule has 0 saturated carbocycles. The number of hydrazine groups is 1. The molecule has 0 spiro atoms. The van der Waals surface area contributed by atoms with E-state index in [4.69, 9.17) is 0 Å². The molecular formula is C17H20N3O2+. The van der Waals surface area contributed by atoms with E-state index in [-0.39, 0.29) is 24.4 Å². The van der Waals surface area contributed by atoms with E-state index in [0.29, 0.717) is 5.56 Å². The monoisotopic (exact) mass is 298 g/mol. The highest BCUT2D eigenvalue weighted by atomic mass is 16.2. The van der Waals surface area contributed by atoms with Crippen molar-refractivity contribution in [2.45, 2.75) is 13.0 Å². The summed E-state index contributed by atoms with van der Waals surface area (Å²) in [6.07, 6.45) is 0. The number of hydrogen-bond donors (Lipinski definition) is 3. The van der Waals surface area contributed by atoms with Crippen molar-refractivity contribution in [3.05, 3.63) is 71.8 Å². The highest BCUT2D eigenvalue weighted by molar-refractivity contribution is 5.95. The predicted molar refractivity (Wildman–Crippen MR) is 83.7 cm³/mol. The van der Waals surface area contributed by atoms with E-state index in [1.54, 1.807) is 24.3 Å². The molecular weight excluding hydrogens is 278 g/mol. The highest BCUT2D eigenvalue weighted by Gasteiger charge is 2.12. The molecule has 114 valence electrons. The van der Waals surface area contributed by atoms with E-state index < -0.39 is 0 Å². The van der Waals surface area contributed by atoms with Crippen LogP contribution in [-0.4, -0.2) is 18.4 Å². The molecule has 0 bridgehead atoms. The number of rotatable bonds is 5. The number of benzene rings is 2. The number of nitrogens with two attached hydrogens (primary N) is 1. The van der Waals surface area contributed by atoms with Crippen molar-refractivity contribution in [2.24, 2.45) is 0 Å². The third-order valence-corrected chi connectivity index (χ3v) is 3.33. The molecule has 2 rings (SSSR count). The van der Waals surface area contributed by atoms with E-state index in [1.807, 2.05) is 48.6 Å². The fraction of sp³-hybridized carbons (Fsp3) is 0.176. The Kier molecular flexibility index (Phi) is 5.68. The zero-order chi connectivity index (χ0) is 15.8. The van der Waals surface area contributed by atoms with Crippen LogP contribution in [0.3, 0.4) is 0 Å². The summed E-state index contributed by atoms with van der Waals surface area (Å²) in [4.78, 5) is 23.5. The minimum absolute atomic E-state index is 0.178. The molecule has 0 aliphatic carbocycles. The number of carbonyl (C=O) groups excluding carboxylic acids is 2. The average Bonchev–Trinajstić information content (AvgIpc) is 2.59. The Balaban J connectivity index is 1.73. The molecule has 0 aromatic heterocycles. The predicted octanol–water partition coefficient (Wildman–Crippen LogP) is 0.772. The Bertz CT molecular complexity index is 614. The van der Waals surface area contributed by atoms with Crippen molar-refractivity contribution >= 4 is 11.8 Å². The van der Waals surface area contributed by atoms with Gasteiger partial charge in [0.15, 0.2) is 6.54 Å². The molecule has 22 heavy (non-hydrogen) atoms. The van der Waals surface area contributed by atoms with Gasteiger partial charge in [-0.25, -0.2) is 0 Å². The summed E-state index contributed by atoms with van der Waals surface area (Å²) < 4.78 is 0. The van der Waals surface area contributed by atoms with Crippen LogP contribution in [0.1, 0.15) is 28.9 Å². The first-order chi connectivity index (χ1) is 10.7. The van der Waals surface area contributed by atoms with Crippen molar-refractivity contribution in [1.29, 1.82) is 0 Å². The Morgan fingerprint density at radius 3 is 2.18 bits per heavy atom. The standard InChI is InChI=1S/C17H19N3O2/c1-13(14-8-4-2-5-9-14)18-12-16(21)19-20-17(22)15-10-6-3-7-11-15/h2-11,13,18H,12H2,1H3,(H,19,21)(H,20,22)/p+1/t13-/m0/s1. The quantitative estimate of drug-likeness (QED) is 0.713. The third-order valence-electron chi connectivity index (χ3n) is 3.33. The zero-order valence-electron chi connectivity index (χ0n) is 12.5. The highest BCUT2D eigenvalue weighted by Crippen LogP contribution is 2.05. The van der Waals surface area contributed by atoms with Crippen LogP contribution in [0.15, 0.2) is 60.7 Å². The van der Waals surface area contributed by atoms with Crippen LogP contribution < -0.4 is 16.2 Å². The summed E-state index contributed by atoms with van der Waals surface area (Å²) in [5, 5.41) is 1.92. The molecule has 0 fully saturated rings. The second-order valence-corrected chi connectivity index (χ2v) is 5.01. The van der Waals surface area contributed by atoms with E-state index in [9.17, 15) is 9.59 Å². The van der Waals surface area contributed by atoms with Crippen LogP contribution in [0.2, 0.25) is 0 Å². The van der Waals surface area contributed by atoms with Crippen molar-refractivity contribution in [3.8, 4) is 0 Å². The van der Waals surface area contributed by atoms with Crippen molar-refractivity contribution < 1.29 is 14.9 Å². The lowest BCUT2D eigenvalue weighted by atomic mass is 10.1. The normalized spacial score (nSPS) is 11.5. The van der Waals surface area contributed by atoms with Gasteiger partial charge in [-0.1, -0.05) is 48.5 Å². The maximum atomic E-state index is 11.8. The summed E-state index contributed by atoms with van der Waals surface area (Å²) in [7, 11) is 0. The summed E-state index contributed by atoms with van der Waals surface area (Å²) in [5.41, 5.74) is 6.48. The largest absolute Gasteiger partial charge is 0.332 e. The molecule has 1 atom stereocenters. The van der Waals surface area contributed by atoms with E-state index in [1.165, 1.54) is 0 Å². The molecule has 2 aromatic rings. The molecule has 0 heterocycles. The lowest BCUT2D eigenvalue weighted by Gasteiger charge is -2.11. The van der Waals surface area contributed by atoms with Crippen LogP contribution in [-0.2, 0) is 4.79 Å². The van der Waals surface area contributed by atoms with Crippen LogP contribution in [0.25, 0.3) is 0 Å². The minimum atomic E-state index is -0.329. The van der Waals surface area contributed by atoms with Gasteiger partial charge < -0.3 is 5.32 Å². The lowest BCUT2D eigenvalue weighted by molar-refractivity contribution is -0.682. The molecule has 5 nitrogen and oxygen atoms in total. The smallest absolute Gasteiger partial charge is 0.293 e. The topological polar surface area (TPSA) is 74.8 Å². The van der Waals surface area contributed by atoms with Crippen LogP contribution in [0, 0.1) is 0 Å². The number of hydrogen-bond acceptors (Lipinski definition) is 2. The number of nitrogens with one attached hydrogen (secondary N) is 2. The van der Waals surface area contributed by atoms with E-state index in [2.05, 4.69) is 10.9 Å². The first kappa shape index (κ1) is 15.7.